The molecule has 2 N–H and O–H groups in total. The zero-order valence-electron chi connectivity index (χ0n) is 22.2. The van der Waals surface area contributed by atoms with Crippen LogP contribution in [0.1, 0.15) is 18.5 Å². The molecule has 5 rings (SSSR count). The van der Waals surface area contributed by atoms with Crippen LogP contribution < -0.4 is 0 Å². The van der Waals surface area contributed by atoms with E-state index in [1.807, 2.05) is 12.1 Å². The van der Waals surface area contributed by atoms with E-state index in [1.165, 1.54) is 8.61 Å². The molecule has 1 saturated heterocycles. The predicted molar refractivity (Wildman–Crippen MR) is 148 cm³/mol. The first-order valence-electron chi connectivity index (χ1n) is 12.6. The van der Waals surface area contributed by atoms with E-state index in [0.29, 0.717) is 24.4 Å². The molecule has 10 nitrogen and oxygen atoms in total. The lowest BCUT2D eigenvalue weighted by Gasteiger charge is -2.16. The lowest BCUT2D eigenvalue weighted by atomic mass is 10.0. The maximum atomic E-state index is 12.9. The summed E-state index contributed by atoms with van der Waals surface area (Å²) in [6, 6.07) is 19.0. The number of nitrogens with zero attached hydrogens (tertiary/aromatic N) is 3. The fourth-order valence-corrected chi connectivity index (χ4v) is 7.09. The van der Waals surface area contributed by atoms with Crippen molar-refractivity contribution in [3.8, 4) is 11.1 Å². The number of aromatic amines is 1. The number of fused-ring (bicyclic) bond motifs is 1. The number of carboxylic acids is 1. The number of aliphatic carboxylic acids is 1. The first-order valence-corrected chi connectivity index (χ1v) is 15.5. The number of hydrogen-bond acceptors (Lipinski definition) is 6. The average Bonchev–Trinajstić information content (AvgIpc) is 3.64. The summed E-state index contributed by atoms with van der Waals surface area (Å²) in [4.78, 5) is 17.0. The molecule has 1 aliphatic rings. The van der Waals surface area contributed by atoms with Gasteiger partial charge in [-0.25, -0.2) is 26.6 Å². The van der Waals surface area contributed by atoms with E-state index < -0.39 is 32.2 Å². The lowest BCUT2D eigenvalue weighted by molar-refractivity contribution is -0.192. The van der Waals surface area contributed by atoms with E-state index in [1.54, 1.807) is 67.8 Å². The van der Waals surface area contributed by atoms with Gasteiger partial charge in [-0.15, -0.1) is 0 Å². The molecule has 1 fully saturated rings. The van der Waals surface area contributed by atoms with Gasteiger partial charge in [-0.1, -0.05) is 30.3 Å². The largest absolute Gasteiger partial charge is 0.490 e. The number of aromatic nitrogens is 2. The Balaban J connectivity index is 0.000000517. The second-order valence-corrected chi connectivity index (χ2v) is 13.4. The highest BCUT2D eigenvalue weighted by Crippen LogP contribution is 2.30. The first kappa shape index (κ1) is 31.2. The van der Waals surface area contributed by atoms with Crippen molar-refractivity contribution in [3.63, 3.8) is 0 Å². The molecule has 0 spiro atoms. The average molecular weight is 625 g/mol. The number of hydrogen-bond donors (Lipinski definition) is 2. The number of sulfonamides is 2. The van der Waals surface area contributed by atoms with Crippen LogP contribution in [0, 0.1) is 0 Å². The Morgan fingerprint density at radius 1 is 0.976 bits per heavy atom. The number of nitrogens with one attached hydrogen (secondary N) is 1. The van der Waals surface area contributed by atoms with Crippen molar-refractivity contribution in [1.29, 1.82) is 0 Å². The van der Waals surface area contributed by atoms with E-state index in [2.05, 4.69) is 9.97 Å². The number of benzene rings is 2. The molecule has 0 amide bonds. The number of pyridine rings is 1. The van der Waals surface area contributed by atoms with Crippen molar-refractivity contribution in [2.45, 2.75) is 35.4 Å². The Kier molecular flexibility index (Phi) is 9.06. The first-order chi connectivity index (χ1) is 19.7. The van der Waals surface area contributed by atoms with Crippen LogP contribution in [-0.4, -0.2) is 72.8 Å². The second-order valence-electron chi connectivity index (χ2n) is 9.43. The summed E-state index contributed by atoms with van der Waals surface area (Å²) in [7, 11) is -5.56. The van der Waals surface area contributed by atoms with Crippen molar-refractivity contribution in [1.82, 2.24) is 18.6 Å². The summed E-state index contributed by atoms with van der Waals surface area (Å²) in [5, 5.41) is 7.96. The molecule has 0 saturated carbocycles. The zero-order valence-corrected chi connectivity index (χ0v) is 23.9. The van der Waals surface area contributed by atoms with Crippen LogP contribution in [0.3, 0.4) is 0 Å². The summed E-state index contributed by atoms with van der Waals surface area (Å²) >= 11 is 0. The molecule has 0 unspecified atom stereocenters. The summed E-state index contributed by atoms with van der Waals surface area (Å²) < 4.78 is 86.0. The van der Waals surface area contributed by atoms with Gasteiger partial charge in [0.1, 0.15) is 5.65 Å². The third-order valence-corrected chi connectivity index (χ3v) is 10.3. The molecular weight excluding hydrogens is 597 g/mol. The highest BCUT2D eigenvalue weighted by Gasteiger charge is 2.38. The van der Waals surface area contributed by atoms with Gasteiger partial charge < -0.3 is 10.1 Å². The van der Waals surface area contributed by atoms with Crippen LogP contribution in [-0.2, 0) is 31.4 Å². The summed E-state index contributed by atoms with van der Waals surface area (Å²) in [5.74, 6) is -2.76. The van der Waals surface area contributed by atoms with Gasteiger partial charge in [0.05, 0.1) is 16.3 Å². The summed E-state index contributed by atoms with van der Waals surface area (Å²) in [6.07, 6.45) is -1.62. The van der Waals surface area contributed by atoms with Crippen LogP contribution in [0.4, 0.5) is 13.2 Å². The molecule has 0 aliphatic carbocycles. The van der Waals surface area contributed by atoms with Gasteiger partial charge in [0, 0.05) is 37.4 Å². The van der Waals surface area contributed by atoms with Gasteiger partial charge in [-0.05, 0) is 60.4 Å². The third kappa shape index (κ3) is 6.81. The zero-order chi connectivity index (χ0) is 30.7. The van der Waals surface area contributed by atoms with Crippen LogP contribution in [0.5, 0.6) is 0 Å². The number of carbonyl (C=O) groups is 1. The van der Waals surface area contributed by atoms with Gasteiger partial charge in [-0.3, -0.25) is 0 Å². The van der Waals surface area contributed by atoms with E-state index in [4.69, 9.17) is 9.90 Å². The van der Waals surface area contributed by atoms with Crippen molar-refractivity contribution in [2.75, 3.05) is 20.1 Å². The van der Waals surface area contributed by atoms with Crippen LogP contribution in [0.15, 0.2) is 82.7 Å². The van der Waals surface area contributed by atoms with Crippen LogP contribution in [0.2, 0.25) is 0 Å². The maximum absolute atomic E-state index is 12.9. The highest BCUT2D eigenvalue weighted by atomic mass is 32.2. The number of H-pyrrole nitrogens is 1. The van der Waals surface area contributed by atoms with Crippen molar-refractivity contribution in [3.05, 3.63) is 78.6 Å². The standard InChI is InChI=1S/C25H26N4O4S2.C2HF3O2/c1-28(34(30,31)21-7-3-2-4-8-21)18-20-17-24-23(13-14-26-25(24)27-20)19-9-11-22(12-10-19)35(32,33)29-15-5-6-16-29;3-2(4,5)1(6)7/h2-4,7-14,17H,5-6,15-16,18H2,1H3,(H,26,27);(H,6,7). The summed E-state index contributed by atoms with van der Waals surface area (Å²) in [5.41, 5.74) is 3.08. The Bertz CT molecular complexity index is 1770. The van der Waals surface area contributed by atoms with Crippen molar-refractivity contribution >= 4 is 37.0 Å². The number of alkyl halides is 3. The van der Waals surface area contributed by atoms with Crippen LogP contribution >= 0.6 is 0 Å². The van der Waals surface area contributed by atoms with Gasteiger partial charge in [0.2, 0.25) is 20.0 Å². The highest BCUT2D eigenvalue weighted by molar-refractivity contribution is 7.89. The fourth-order valence-electron chi connectivity index (χ4n) is 4.40. The molecule has 0 atom stereocenters. The quantitative estimate of drug-likeness (QED) is 0.309. The van der Waals surface area contributed by atoms with Gasteiger partial charge in [0.25, 0.3) is 0 Å². The minimum Gasteiger partial charge on any atom is -0.475 e. The molecular formula is C27H27F3N4O6S2. The molecule has 0 bridgehead atoms. The molecule has 15 heteroatoms. The van der Waals surface area contributed by atoms with Gasteiger partial charge in [-0.2, -0.15) is 21.8 Å². The molecule has 2 aromatic carbocycles. The molecule has 0 radical (unpaired) electrons. The number of rotatable bonds is 7. The molecule has 3 heterocycles. The van der Waals surface area contributed by atoms with E-state index in [-0.39, 0.29) is 16.3 Å². The smallest absolute Gasteiger partial charge is 0.475 e. The molecule has 2 aromatic heterocycles. The second kappa shape index (κ2) is 12.2. The van der Waals surface area contributed by atoms with E-state index in [0.717, 1.165) is 29.4 Å². The maximum Gasteiger partial charge on any atom is 0.490 e. The third-order valence-electron chi connectivity index (χ3n) is 6.54. The topological polar surface area (TPSA) is 141 Å². The minimum absolute atomic E-state index is 0.153. The Hall–Kier alpha value is -3.79. The van der Waals surface area contributed by atoms with Crippen molar-refractivity contribution < 1.29 is 39.9 Å². The number of carboxylic acid groups (broad SMARTS) is 1. The van der Waals surface area contributed by atoms with E-state index in [9.17, 15) is 30.0 Å². The number of halogens is 3. The minimum atomic E-state index is -5.08. The monoisotopic (exact) mass is 624 g/mol. The Labute approximate surface area is 240 Å². The van der Waals surface area contributed by atoms with E-state index >= 15 is 0 Å². The van der Waals surface area contributed by atoms with Crippen LogP contribution in [0.25, 0.3) is 22.2 Å². The van der Waals surface area contributed by atoms with Gasteiger partial charge >= 0.3 is 12.1 Å². The lowest BCUT2D eigenvalue weighted by Crippen LogP contribution is -2.27. The fraction of sp³-hybridized carbons (Fsp3) is 0.259. The normalized spacial score (nSPS) is 14.6. The SMILES string of the molecule is CN(Cc1cc2c(-c3ccc(S(=O)(=O)N4CCCC4)cc3)ccnc2[nH]1)S(=O)(=O)c1ccccc1.O=C(O)C(F)(F)F. The Morgan fingerprint density at radius 3 is 2.14 bits per heavy atom. The molecule has 1 aliphatic heterocycles. The summed E-state index contributed by atoms with van der Waals surface area (Å²) in [6.45, 7) is 1.28. The molecule has 224 valence electrons. The molecule has 4 aromatic rings. The molecule has 42 heavy (non-hydrogen) atoms. The van der Waals surface area contributed by atoms with Gasteiger partial charge in [0.15, 0.2) is 0 Å². The van der Waals surface area contributed by atoms with Crippen molar-refractivity contribution in [2.24, 2.45) is 0 Å². The Morgan fingerprint density at radius 2 is 1.57 bits per heavy atom. The predicted octanol–water partition coefficient (Wildman–Crippen LogP) is 4.47.